The highest BCUT2D eigenvalue weighted by atomic mass is 32.2. The van der Waals surface area contributed by atoms with Gasteiger partial charge in [-0.15, -0.1) is 21.5 Å². The number of rotatable bonds is 7. The lowest BCUT2D eigenvalue weighted by Gasteiger charge is -2.08. The molecule has 0 aliphatic rings. The number of hydrogen-bond donors (Lipinski definition) is 1. The summed E-state index contributed by atoms with van der Waals surface area (Å²) in [5, 5.41) is 13.2. The van der Waals surface area contributed by atoms with Crippen LogP contribution in [-0.4, -0.2) is 20.7 Å². The molecule has 152 valence electrons. The second-order valence-corrected chi connectivity index (χ2v) is 9.77. The maximum atomic E-state index is 12.8. The largest absolute Gasteiger partial charge is 0.310 e. The van der Waals surface area contributed by atoms with Gasteiger partial charge in [0.15, 0.2) is 4.34 Å². The van der Waals surface area contributed by atoms with Gasteiger partial charge in [-0.05, 0) is 36.1 Å². The van der Waals surface area contributed by atoms with E-state index >= 15 is 0 Å². The van der Waals surface area contributed by atoms with Crippen molar-refractivity contribution >= 4 is 45.5 Å². The SMILES string of the molecule is Cc1cccc(Cn2cccc(C(=O)Nc3nnc(SCc4cccs4)s3)c2=O)c1. The Kier molecular flexibility index (Phi) is 6.41. The summed E-state index contributed by atoms with van der Waals surface area (Å²) in [5.74, 6) is 0.326. The van der Waals surface area contributed by atoms with Crippen molar-refractivity contribution in [3.05, 3.63) is 92.0 Å². The first-order valence-corrected chi connectivity index (χ1v) is 11.8. The summed E-state index contributed by atoms with van der Waals surface area (Å²) in [6.07, 6.45) is 1.69. The highest BCUT2D eigenvalue weighted by Gasteiger charge is 2.15. The number of hydrogen-bond acceptors (Lipinski definition) is 7. The Hall–Kier alpha value is -2.75. The maximum absolute atomic E-state index is 12.8. The Morgan fingerprint density at radius 1 is 1.17 bits per heavy atom. The second-order valence-electron chi connectivity index (χ2n) is 6.54. The molecular weight excluding hydrogens is 436 g/mol. The minimum Gasteiger partial charge on any atom is -0.310 e. The fourth-order valence-electron chi connectivity index (χ4n) is 2.85. The minimum absolute atomic E-state index is 0.0770. The summed E-state index contributed by atoms with van der Waals surface area (Å²) in [6, 6.07) is 15.3. The highest BCUT2D eigenvalue weighted by Crippen LogP contribution is 2.29. The number of pyridine rings is 1. The van der Waals surface area contributed by atoms with Crippen molar-refractivity contribution < 1.29 is 4.79 Å². The zero-order valence-electron chi connectivity index (χ0n) is 16.1. The van der Waals surface area contributed by atoms with Crippen molar-refractivity contribution in [2.75, 3.05) is 5.32 Å². The molecule has 0 radical (unpaired) electrons. The normalized spacial score (nSPS) is 10.8. The van der Waals surface area contributed by atoms with Gasteiger partial charge in [0, 0.05) is 16.8 Å². The molecule has 0 saturated carbocycles. The van der Waals surface area contributed by atoms with Gasteiger partial charge in [0.2, 0.25) is 5.13 Å². The van der Waals surface area contributed by atoms with Gasteiger partial charge in [-0.25, -0.2) is 0 Å². The third-order valence-corrected chi connectivity index (χ3v) is 7.33. The third kappa shape index (κ3) is 5.05. The fraction of sp³-hybridized carbons (Fsp3) is 0.143. The molecule has 1 aromatic carbocycles. The highest BCUT2D eigenvalue weighted by molar-refractivity contribution is 8.00. The summed E-state index contributed by atoms with van der Waals surface area (Å²) < 4.78 is 2.30. The van der Waals surface area contributed by atoms with E-state index in [1.807, 2.05) is 42.6 Å². The van der Waals surface area contributed by atoms with Crippen LogP contribution in [0.1, 0.15) is 26.4 Å². The quantitative estimate of drug-likeness (QED) is 0.325. The number of thiophene rings is 1. The summed E-state index contributed by atoms with van der Waals surface area (Å²) in [6.45, 7) is 2.41. The number of carbonyl (C=O) groups is 1. The molecule has 0 fully saturated rings. The van der Waals surface area contributed by atoms with E-state index in [-0.39, 0.29) is 11.1 Å². The van der Waals surface area contributed by atoms with Gasteiger partial charge in [0.1, 0.15) is 5.56 Å². The number of aromatic nitrogens is 3. The van der Waals surface area contributed by atoms with Crippen molar-refractivity contribution in [3.8, 4) is 0 Å². The molecule has 4 rings (SSSR count). The molecule has 0 unspecified atom stereocenters. The zero-order chi connectivity index (χ0) is 20.9. The number of thioether (sulfide) groups is 1. The lowest BCUT2D eigenvalue weighted by atomic mass is 10.1. The lowest BCUT2D eigenvalue weighted by Crippen LogP contribution is -2.29. The number of benzene rings is 1. The van der Waals surface area contributed by atoms with Crippen LogP contribution in [0.3, 0.4) is 0 Å². The molecule has 3 aromatic heterocycles. The van der Waals surface area contributed by atoms with Gasteiger partial charge in [0.25, 0.3) is 11.5 Å². The van der Waals surface area contributed by atoms with E-state index in [1.54, 1.807) is 35.4 Å². The lowest BCUT2D eigenvalue weighted by molar-refractivity contribution is 0.102. The Balaban J connectivity index is 1.44. The smallest absolute Gasteiger partial charge is 0.263 e. The van der Waals surface area contributed by atoms with Gasteiger partial charge >= 0.3 is 0 Å². The molecule has 4 aromatic rings. The molecule has 9 heteroatoms. The number of anilines is 1. The van der Waals surface area contributed by atoms with Crippen molar-refractivity contribution in [1.82, 2.24) is 14.8 Å². The van der Waals surface area contributed by atoms with Crippen molar-refractivity contribution in [2.24, 2.45) is 0 Å². The predicted octanol–water partition coefficient (Wildman–Crippen LogP) is 4.66. The molecule has 0 bridgehead atoms. The van der Waals surface area contributed by atoms with Gasteiger partial charge < -0.3 is 4.57 Å². The predicted molar refractivity (Wildman–Crippen MR) is 123 cm³/mol. The molecule has 30 heavy (non-hydrogen) atoms. The van der Waals surface area contributed by atoms with Crippen molar-refractivity contribution in [1.29, 1.82) is 0 Å². The summed E-state index contributed by atoms with van der Waals surface area (Å²) in [7, 11) is 0. The van der Waals surface area contributed by atoms with Crippen LogP contribution in [0.2, 0.25) is 0 Å². The number of aryl methyl sites for hydroxylation is 1. The summed E-state index contributed by atoms with van der Waals surface area (Å²) in [5.41, 5.74) is 1.87. The molecule has 3 heterocycles. The second kappa shape index (κ2) is 9.38. The maximum Gasteiger partial charge on any atom is 0.263 e. The van der Waals surface area contributed by atoms with E-state index in [4.69, 9.17) is 0 Å². The number of nitrogens with zero attached hydrogens (tertiary/aromatic N) is 3. The first kappa shape index (κ1) is 20.5. The first-order chi connectivity index (χ1) is 14.6. The molecule has 0 atom stereocenters. The fourth-order valence-corrected chi connectivity index (χ4v) is 5.37. The van der Waals surface area contributed by atoms with Crippen LogP contribution in [0.15, 0.2) is 69.2 Å². The van der Waals surface area contributed by atoms with Crippen LogP contribution in [-0.2, 0) is 12.3 Å². The topological polar surface area (TPSA) is 76.9 Å². The Morgan fingerprint density at radius 3 is 2.87 bits per heavy atom. The molecule has 0 spiro atoms. The van der Waals surface area contributed by atoms with Gasteiger partial charge in [0.05, 0.1) is 6.54 Å². The van der Waals surface area contributed by atoms with Gasteiger partial charge in [-0.3, -0.25) is 14.9 Å². The van der Waals surface area contributed by atoms with Gasteiger partial charge in [-0.2, -0.15) is 0 Å². The van der Waals surface area contributed by atoms with E-state index in [0.717, 1.165) is 21.2 Å². The standard InChI is InChI=1S/C21H18N4O2S3/c1-14-5-2-6-15(11-14)12-25-9-3-8-17(19(25)27)18(26)22-20-23-24-21(30-20)29-13-16-7-4-10-28-16/h2-11H,12-13H2,1H3,(H,22,23,26). The number of carbonyl (C=O) groups excluding carboxylic acids is 1. The van der Waals surface area contributed by atoms with Crippen molar-refractivity contribution in [3.63, 3.8) is 0 Å². The molecule has 0 saturated heterocycles. The number of amides is 1. The van der Waals surface area contributed by atoms with Crippen LogP contribution >= 0.6 is 34.4 Å². The van der Waals surface area contributed by atoms with Crippen LogP contribution in [0.5, 0.6) is 0 Å². The van der Waals surface area contributed by atoms with Crippen LogP contribution in [0, 0.1) is 6.92 Å². The summed E-state index contributed by atoms with van der Waals surface area (Å²) >= 11 is 4.55. The molecular formula is C21H18N4O2S3. The first-order valence-electron chi connectivity index (χ1n) is 9.13. The van der Waals surface area contributed by atoms with Crippen molar-refractivity contribution in [2.45, 2.75) is 23.6 Å². The molecule has 6 nitrogen and oxygen atoms in total. The monoisotopic (exact) mass is 454 g/mol. The molecule has 0 aliphatic heterocycles. The Labute approximate surface area is 185 Å². The molecule has 0 aliphatic carbocycles. The zero-order valence-corrected chi connectivity index (χ0v) is 18.5. The minimum atomic E-state index is -0.482. The third-order valence-electron chi connectivity index (χ3n) is 4.25. The Bertz CT molecular complexity index is 1210. The summed E-state index contributed by atoms with van der Waals surface area (Å²) in [4.78, 5) is 26.7. The van der Waals surface area contributed by atoms with E-state index < -0.39 is 5.91 Å². The van der Waals surface area contributed by atoms with Crippen LogP contribution in [0.25, 0.3) is 0 Å². The van der Waals surface area contributed by atoms with Gasteiger partial charge in [-0.1, -0.05) is 59.0 Å². The van der Waals surface area contributed by atoms with E-state index in [1.165, 1.54) is 26.8 Å². The van der Waals surface area contributed by atoms with Crippen LogP contribution in [0.4, 0.5) is 5.13 Å². The van der Waals surface area contributed by atoms with E-state index in [0.29, 0.717) is 11.7 Å². The average molecular weight is 455 g/mol. The van der Waals surface area contributed by atoms with E-state index in [9.17, 15) is 9.59 Å². The number of nitrogens with one attached hydrogen (secondary N) is 1. The average Bonchev–Trinajstić information content (AvgIpc) is 3.40. The van der Waals surface area contributed by atoms with Crippen LogP contribution < -0.4 is 10.9 Å². The molecule has 1 N–H and O–H groups in total. The Morgan fingerprint density at radius 2 is 2.07 bits per heavy atom. The molecule has 1 amide bonds. The van der Waals surface area contributed by atoms with E-state index in [2.05, 4.69) is 21.6 Å².